The van der Waals surface area contributed by atoms with Crippen molar-refractivity contribution in [1.29, 1.82) is 0 Å². The summed E-state index contributed by atoms with van der Waals surface area (Å²) in [6.07, 6.45) is -7.99. The molecule has 79 heavy (non-hydrogen) atoms. The van der Waals surface area contributed by atoms with Gasteiger partial charge in [-0.05, 0) is 0 Å². The fraction of sp³-hybridized carbons (Fsp3) is 0.0612. The molecule has 1 nitrogen and oxygen atoms in total. The van der Waals surface area contributed by atoms with Crippen LogP contribution in [0, 0.1) is 163 Å². The summed E-state index contributed by atoms with van der Waals surface area (Å²) in [5.41, 5.74) is -14.5. The first-order chi connectivity index (χ1) is 36.8. The van der Waals surface area contributed by atoms with Crippen LogP contribution in [0.5, 0.6) is 0 Å². The summed E-state index contributed by atoms with van der Waals surface area (Å²) in [6, 6.07) is 10.5. The van der Waals surface area contributed by atoms with Gasteiger partial charge in [0.1, 0.15) is 59.2 Å². The smallest absolute Gasteiger partial charge is 0.198 e. The highest BCUT2D eigenvalue weighted by Crippen LogP contribution is 2.41. The zero-order valence-electron chi connectivity index (χ0n) is 37.8. The zero-order valence-corrected chi connectivity index (χ0v) is 37.8. The Bertz CT molecular complexity index is 3690. The van der Waals surface area contributed by atoms with E-state index >= 15 is 87.8 Å². The van der Waals surface area contributed by atoms with Crippen LogP contribution in [0.2, 0.25) is 0 Å². The van der Waals surface area contributed by atoms with Crippen molar-refractivity contribution in [3.63, 3.8) is 0 Å². The maximum Gasteiger partial charge on any atom is 0.198 e. The molecule has 0 radical (unpaired) electrons. The minimum atomic E-state index is -7.99. The Morgan fingerprint density at radius 1 is 0.228 bits per heavy atom. The monoisotopic (exact) mass is 1160 g/mol. The van der Waals surface area contributed by atoms with Crippen LogP contribution in [-0.4, -0.2) is 20.2 Å². The van der Waals surface area contributed by atoms with Gasteiger partial charge in [-0.2, -0.15) is 0 Å². The second-order valence-electron chi connectivity index (χ2n) is 17.2. The Morgan fingerprint density at radius 2 is 0.392 bits per heavy atom. The van der Waals surface area contributed by atoms with E-state index in [4.69, 9.17) is 0 Å². The Balaban J connectivity index is 0.000000740. The second-order valence-corrected chi connectivity index (χ2v) is 17.2. The SMILES string of the molecule is C[NH+](C)Cc1ccccc1.Fc1c(F)c(F)c2c(F)c([B-](c3c(F)c(F)c4c(F)c(F)c(F)c(F)c4c3F)(c3c(F)c(F)c4c(F)c(F)c(F)c(F)c4c3F)c3c(F)c(F)c4c(F)c(F)c(F)c(F)c4c3F)c(F)c(F)c2c1F. The lowest BCUT2D eigenvalue weighted by molar-refractivity contribution is -0.872. The van der Waals surface area contributed by atoms with Gasteiger partial charge in [-0.15, -0.1) is 21.9 Å². The lowest BCUT2D eigenvalue weighted by Crippen LogP contribution is -3.04. The molecule has 9 aromatic rings. The maximum absolute atomic E-state index is 17.4. The van der Waals surface area contributed by atoms with Gasteiger partial charge in [-0.1, -0.05) is 30.3 Å². The Hall–Kier alpha value is -7.92. The third-order valence-corrected chi connectivity index (χ3v) is 12.6. The van der Waals surface area contributed by atoms with Gasteiger partial charge in [0.2, 0.25) is 0 Å². The molecular weight excluding hydrogens is 1150 g/mol. The van der Waals surface area contributed by atoms with Gasteiger partial charge in [0, 0.05) is 5.56 Å². The second kappa shape index (κ2) is 19.8. The molecule has 0 amide bonds. The number of rotatable bonds is 6. The number of quaternary nitrogens is 1. The normalized spacial score (nSPS) is 12.1. The molecule has 0 heterocycles. The van der Waals surface area contributed by atoms with Gasteiger partial charge in [-0.3, -0.25) is 0 Å². The van der Waals surface area contributed by atoms with Crippen molar-refractivity contribution in [2.75, 3.05) is 14.1 Å². The molecule has 0 aromatic heterocycles. The summed E-state index contributed by atoms with van der Waals surface area (Å²) in [5, 5.41) is -25.0. The average molecular weight is 1160 g/mol. The van der Waals surface area contributed by atoms with Crippen LogP contribution < -0.4 is 26.8 Å². The van der Waals surface area contributed by atoms with Gasteiger partial charge in [0.05, 0.1) is 57.2 Å². The Labute approximate surface area is 418 Å². The molecular formula is C49H14BF28N. The van der Waals surface area contributed by atoms with Gasteiger partial charge in [-0.25, -0.2) is 123 Å². The highest BCUT2D eigenvalue weighted by Gasteiger charge is 2.52. The highest BCUT2D eigenvalue weighted by molar-refractivity contribution is 7.20. The number of hydrogen-bond donors (Lipinski definition) is 1. The van der Waals surface area contributed by atoms with Crippen molar-refractivity contribution >= 4 is 71.1 Å². The number of fused-ring (bicyclic) bond motifs is 4. The largest absolute Gasteiger partial charge is 0.336 e. The van der Waals surface area contributed by atoms with Crippen molar-refractivity contribution in [3.8, 4) is 0 Å². The predicted octanol–water partition coefficient (Wildman–Crippen LogP) is 11.9. The van der Waals surface area contributed by atoms with Crippen molar-refractivity contribution in [2.45, 2.75) is 6.54 Å². The van der Waals surface area contributed by atoms with E-state index in [9.17, 15) is 35.1 Å². The summed E-state index contributed by atoms with van der Waals surface area (Å²) < 4.78 is 442. The van der Waals surface area contributed by atoms with Crippen LogP contribution in [0.1, 0.15) is 5.56 Å². The zero-order chi connectivity index (χ0) is 59.0. The molecule has 0 aliphatic rings. The summed E-state index contributed by atoms with van der Waals surface area (Å²) in [6.45, 7) is 1.11. The molecule has 9 aromatic carbocycles. The lowest BCUT2D eigenvalue weighted by atomic mass is 9.12. The van der Waals surface area contributed by atoms with E-state index in [-0.39, 0.29) is 0 Å². The van der Waals surface area contributed by atoms with Crippen molar-refractivity contribution in [3.05, 3.63) is 199 Å². The maximum atomic E-state index is 17.4. The lowest BCUT2D eigenvalue weighted by Gasteiger charge is -2.45. The first-order valence-corrected chi connectivity index (χ1v) is 21.1. The van der Waals surface area contributed by atoms with Crippen molar-refractivity contribution in [1.82, 2.24) is 0 Å². The molecule has 0 atom stereocenters. The fourth-order valence-electron chi connectivity index (χ4n) is 9.40. The van der Waals surface area contributed by atoms with Gasteiger partial charge in [0.15, 0.2) is 116 Å². The third kappa shape index (κ3) is 7.80. The van der Waals surface area contributed by atoms with Crippen LogP contribution >= 0.6 is 0 Å². The Morgan fingerprint density at radius 3 is 0.570 bits per heavy atom. The molecule has 1 N–H and O–H groups in total. The molecule has 9 rings (SSSR count). The summed E-state index contributed by atoms with van der Waals surface area (Å²) >= 11 is 0. The average Bonchev–Trinajstić information content (AvgIpc) is 3.29. The van der Waals surface area contributed by atoms with Gasteiger partial charge < -0.3 is 4.90 Å². The highest BCUT2D eigenvalue weighted by atomic mass is 19.2. The van der Waals surface area contributed by atoms with Crippen LogP contribution in [0.4, 0.5) is 123 Å². The van der Waals surface area contributed by atoms with E-state index in [2.05, 4.69) is 44.4 Å². The minimum absolute atomic E-state index is 1.11. The first kappa shape index (κ1) is 57.3. The van der Waals surface area contributed by atoms with Crippen molar-refractivity contribution < 1.29 is 128 Å². The topological polar surface area (TPSA) is 4.44 Å². The predicted molar refractivity (Wildman–Crippen MR) is 222 cm³/mol. The van der Waals surface area contributed by atoms with E-state index in [1.807, 2.05) is 0 Å². The number of hydrogen-bond acceptors (Lipinski definition) is 0. The van der Waals surface area contributed by atoms with Crippen molar-refractivity contribution in [2.24, 2.45) is 0 Å². The molecule has 0 aliphatic carbocycles. The van der Waals surface area contributed by atoms with E-state index < -0.39 is 234 Å². The minimum Gasteiger partial charge on any atom is -0.336 e. The molecule has 0 saturated heterocycles. The summed E-state index contributed by atoms with van der Waals surface area (Å²) in [7, 11) is 4.32. The number of nitrogens with one attached hydrogen (secondary N) is 1. The van der Waals surface area contributed by atoms with E-state index in [0.717, 1.165) is 6.54 Å². The van der Waals surface area contributed by atoms with Crippen LogP contribution in [0.15, 0.2) is 30.3 Å². The van der Waals surface area contributed by atoms with Gasteiger partial charge in [0.25, 0.3) is 0 Å². The van der Waals surface area contributed by atoms with Crippen LogP contribution in [0.3, 0.4) is 0 Å². The van der Waals surface area contributed by atoms with Gasteiger partial charge >= 0.3 is 0 Å². The van der Waals surface area contributed by atoms with Crippen LogP contribution in [-0.2, 0) is 6.54 Å². The third-order valence-electron chi connectivity index (χ3n) is 12.6. The molecule has 0 spiro atoms. The summed E-state index contributed by atoms with van der Waals surface area (Å²) in [5.74, 6) is -102. The first-order valence-electron chi connectivity index (χ1n) is 21.1. The molecule has 0 unspecified atom stereocenters. The number of halogens is 28. The Kier molecular flexibility index (Phi) is 14.3. The summed E-state index contributed by atoms with van der Waals surface area (Å²) in [4.78, 5) is 1.46. The molecule has 30 heteroatoms. The molecule has 0 saturated carbocycles. The standard InChI is InChI=1S/C40BF28.C9H13N/c42-13-1-5(25(54)37(66)33(62)21(1)50)17(46)29(58)9(13)41(10-14(43)2-6(18(47)30(10)59)26(55)38(67)34(63)22(2)51,11-15(44)3-7(19(48)31(11)60)27(56)39(68)35(64)23(3)52)12-16(45)4-8(20(49)32(12)61)28(57)40(69)36(65)24(4)53;1-10(2)8-9-6-4-3-5-7-9/h;3-7H,8H2,1-2H3/q-1;/p+1. The number of benzene rings is 9. The fourth-order valence-corrected chi connectivity index (χ4v) is 9.40. The molecule has 414 valence electrons. The van der Waals surface area contributed by atoms with E-state index in [1.54, 1.807) is 0 Å². The quantitative estimate of drug-likeness (QED) is 0.0732. The van der Waals surface area contributed by atoms with E-state index in [1.165, 1.54) is 10.5 Å². The van der Waals surface area contributed by atoms with E-state index in [0.29, 0.717) is 0 Å². The molecule has 0 fully saturated rings. The molecule has 0 bridgehead atoms. The van der Waals surface area contributed by atoms with Crippen LogP contribution in [0.25, 0.3) is 43.1 Å². The molecule has 0 aliphatic heterocycles.